The Morgan fingerprint density at radius 3 is 2.77 bits per heavy atom. The largest absolute Gasteiger partial charge is 0.481 e. The molecule has 2 aromatic carbocycles. The van der Waals surface area contributed by atoms with Gasteiger partial charge in [-0.05, 0) is 18.2 Å². The molecule has 2 aromatic rings. The normalized spacial score (nSPS) is 16.5. The van der Waals surface area contributed by atoms with E-state index in [9.17, 15) is 4.79 Å². The van der Waals surface area contributed by atoms with Gasteiger partial charge in [0.25, 0.3) is 5.91 Å². The van der Waals surface area contributed by atoms with Crippen LogP contribution >= 0.6 is 0 Å². The third-order valence-electron chi connectivity index (χ3n) is 3.68. The number of rotatable bonds is 3. The lowest BCUT2D eigenvalue weighted by molar-refractivity contribution is 0.0734. The molecule has 22 heavy (non-hydrogen) atoms. The van der Waals surface area contributed by atoms with Crippen LogP contribution in [0.4, 0.5) is 5.69 Å². The molecule has 1 aliphatic heterocycles. The van der Waals surface area contributed by atoms with E-state index in [0.717, 1.165) is 11.3 Å². The number of hydrogen-bond donors (Lipinski definition) is 1. The van der Waals surface area contributed by atoms with Gasteiger partial charge in [0.1, 0.15) is 18.5 Å². The first-order valence-corrected chi connectivity index (χ1v) is 7.00. The molecule has 1 atom stereocenters. The SMILES string of the molecule is C#CCOc1ccccc1[C@@H]1Nc2ccccc2C(=O)N1C. The van der Waals surface area contributed by atoms with E-state index in [-0.39, 0.29) is 18.7 Å². The molecule has 3 rings (SSSR count). The van der Waals surface area contributed by atoms with E-state index in [1.165, 1.54) is 0 Å². The zero-order valence-corrected chi connectivity index (χ0v) is 12.2. The third kappa shape index (κ3) is 2.38. The minimum Gasteiger partial charge on any atom is -0.481 e. The summed E-state index contributed by atoms with van der Waals surface area (Å²) in [5.41, 5.74) is 2.37. The molecule has 0 unspecified atom stereocenters. The summed E-state index contributed by atoms with van der Waals surface area (Å²) in [6.45, 7) is 0.192. The van der Waals surface area contributed by atoms with Crippen molar-refractivity contribution in [1.82, 2.24) is 4.90 Å². The zero-order valence-electron chi connectivity index (χ0n) is 12.2. The van der Waals surface area contributed by atoms with Crippen LogP contribution in [-0.2, 0) is 0 Å². The zero-order chi connectivity index (χ0) is 15.5. The highest BCUT2D eigenvalue weighted by molar-refractivity contribution is 6.01. The maximum Gasteiger partial charge on any atom is 0.257 e. The number of ether oxygens (including phenoxy) is 1. The number of carbonyl (C=O) groups is 1. The molecular formula is C18H16N2O2. The van der Waals surface area contributed by atoms with Crippen LogP contribution in [0.1, 0.15) is 22.1 Å². The molecule has 0 saturated heterocycles. The summed E-state index contributed by atoms with van der Waals surface area (Å²) < 4.78 is 5.60. The highest BCUT2D eigenvalue weighted by Crippen LogP contribution is 2.35. The van der Waals surface area contributed by atoms with E-state index in [2.05, 4.69) is 11.2 Å². The summed E-state index contributed by atoms with van der Waals surface area (Å²) in [7, 11) is 1.77. The van der Waals surface area contributed by atoms with Crippen molar-refractivity contribution in [2.75, 3.05) is 19.0 Å². The molecule has 4 nitrogen and oxygen atoms in total. The van der Waals surface area contributed by atoms with Crippen molar-refractivity contribution in [2.45, 2.75) is 6.17 Å². The molecule has 4 heteroatoms. The molecule has 110 valence electrons. The summed E-state index contributed by atoms with van der Waals surface area (Å²) >= 11 is 0. The molecule has 0 saturated carbocycles. The quantitative estimate of drug-likeness (QED) is 0.884. The summed E-state index contributed by atoms with van der Waals surface area (Å²) in [6, 6.07) is 15.1. The lowest BCUT2D eigenvalue weighted by Crippen LogP contribution is -2.40. The minimum absolute atomic E-state index is 0.0221. The smallest absolute Gasteiger partial charge is 0.257 e. The second-order valence-electron chi connectivity index (χ2n) is 5.04. The number of nitrogens with one attached hydrogen (secondary N) is 1. The molecule has 0 aromatic heterocycles. The first kappa shape index (κ1) is 14.0. The first-order valence-electron chi connectivity index (χ1n) is 7.00. The summed E-state index contributed by atoms with van der Waals surface area (Å²) in [5, 5.41) is 3.38. The standard InChI is InChI=1S/C18H16N2O2/c1-3-12-22-16-11-7-5-9-14(16)17-19-15-10-6-4-8-13(15)18(21)20(17)2/h1,4-11,17,19H,12H2,2H3/t17-/m1/s1. The van der Waals surface area contributed by atoms with Gasteiger partial charge in [-0.3, -0.25) is 4.79 Å². The first-order chi connectivity index (χ1) is 10.7. The predicted octanol–water partition coefficient (Wildman–Crippen LogP) is 2.89. The molecule has 0 radical (unpaired) electrons. The summed E-state index contributed by atoms with van der Waals surface area (Å²) in [5.74, 6) is 3.11. The third-order valence-corrected chi connectivity index (χ3v) is 3.68. The van der Waals surface area contributed by atoms with Crippen LogP contribution in [0.15, 0.2) is 48.5 Å². The van der Waals surface area contributed by atoms with Crippen LogP contribution in [0.2, 0.25) is 0 Å². The van der Waals surface area contributed by atoms with Crippen molar-refractivity contribution in [3.8, 4) is 18.1 Å². The van der Waals surface area contributed by atoms with Crippen molar-refractivity contribution in [2.24, 2.45) is 0 Å². The Balaban J connectivity index is 2.00. The van der Waals surface area contributed by atoms with E-state index in [4.69, 9.17) is 11.2 Å². The topological polar surface area (TPSA) is 41.6 Å². The van der Waals surface area contributed by atoms with E-state index >= 15 is 0 Å². The Hall–Kier alpha value is -2.93. The molecule has 1 N–H and O–H groups in total. The maximum atomic E-state index is 12.5. The monoisotopic (exact) mass is 292 g/mol. The summed E-state index contributed by atoms with van der Waals surface area (Å²) in [6.07, 6.45) is 4.97. The number of hydrogen-bond acceptors (Lipinski definition) is 3. The second kappa shape index (κ2) is 5.82. The number of terminal acetylenes is 1. The van der Waals surface area contributed by atoms with Crippen molar-refractivity contribution in [1.29, 1.82) is 0 Å². The molecule has 0 fully saturated rings. The fourth-order valence-electron chi connectivity index (χ4n) is 2.59. The Bertz CT molecular complexity index is 749. The molecule has 1 aliphatic rings. The van der Waals surface area contributed by atoms with Crippen molar-refractivity contribution >= 4 is 11.6 Å². The number of nitrogens with zero attached hydrogens (tertiary/aromatic N) is 1. The van der Waals surface area contributed by atoms with Crippen LogP contribution in [0.25, 0.3) is 0 Å². The molecule has 1 amide bonds. The maximum absolute atomic E-state index is 12.5. The van der Waals surface area contributed by atoms with Gasteiger partial charge in [-0.2, -0.15) is 0 Å². The number of benzene rings is 2. The van der Waals surface area contributed by atoms with Crippen LogP contribution in [0.3, 0.4) is 0 Å². The van der Waals surface area contributed by atoms with Crippen molar-refractivity contribution < 1.29 is 9.53 Å². The number of fused-ring (bicyclic) bond motifs is 1. The summed E-state index contributed by atoms with van der Waals surface area (Å²) in [4.78, 5) is 14.2. The molecule has 1 heterocycles. The van der Waals surface area contributed by atoms with E-state index in [1.807, 2.05) is 48.5 Å². The van der Waals surface area contributed by atoms with E-state index in [1.54, 1.807) is 11.9 Å². The highest BCUT2D eigenvalue weighted by Gasteiger charge is 2.31. The van der Waals surface area contributed by atoms with Crippen LogP contribution < -0.4 is 10.1 Å². The van der Waals surface area contributed by atoms with Gasteiger partial charge in [-0.1, -0.05) is 36.3 Å². The second-order valence-corrected chi connectivity index (χ2v) is 5.04. The van der Waals surface area contributed by atoms with Gasteiger partial charge < -0.3 is 15.0 Å². The number of carbonyl (C=O) groups excluding carboxylic acids is 1. The number of amides is 1. The van der Waals surface area contributed by atoms with Crippen molar-refractivity contribution in [3.63, 3.8) is 0 Å². The predicted molar refractivity (Wildman–Crippen MR) is 85.7 cm³/mol. The van der Waals surface area contributed by atoms with E-state index < -0.39 is 0 Å². The molecule has 0 bridgehead atoms. The van der Waals surface area contributed by atoms with Gasteiger partial charge in [0.2, 0.25) is 0 Å². The number of anilines is 1. The van der Waals surface area contributed by atoms with E-state index in [0.29, 0.717) is 11.3 Å². The molecule has 0 aliphatic carbocycles. The average Bonchev–Trinajstić information content (AvgIpc) is 2.56. The van der Waals surface area contributed by atoms with Gasteiger partial charge >= 0.3 is 0 Å². The molecule has 0 spiro atoms. The molecular weight excluding hydrogens is 276 g/mol. The van der Waals surface area contributed by atoms with Crippen LogP contribution in [0, 0.1) is 12.3 Å². The fraction of sp³-hybridized carbons (Fsp3) is 0.167. The van der Waals surface area contributed by atoms with Gasteiger partial charge in [0, 0.05) is 18.3 Å². The fourth-order valence-corrected chi connectivity index (χ4v) is 2.59. The van der Waals surface area contributed by atoms with Crippen LogP contribution in [0.5, 0.6) is 5.75 Å². The van der Waals surface area contributed by atoms with Crippen molar-refractivity contribution in [3.05, 3.63) is 59.7 Å². The minimum atomic E-state index is -0.295. The lowest BCUT2D eigenvalue weighted by Gasteiger charge is -2.36. The van der Waals surface area contributed by atoms with Gasteiger partial charge in [-0.25, -0.2) is 0 Å². The lowest BCUT2D eigenvalue weighted by atomic mass is 10.0. The Morgan fingerprint density at radius 2 is 1.95 bits per heavy atom. The Morgan fingerprint density at radius 1 is 1.23 bits per heavy atom. The Labute approximate surface area is 129 Å². The highest BCUT2D eigenvalue weighted by atomic mass is 16.5. The van der Waals surface area contributed by atoms with Gasteiger partial charge in [0.15, 0.2) is 0 Å². The van der Waals surface area contributed by atoms with Crippen LogP contribution in [-0.4, -0.2) is 24.5 Å². The Kier molecular flexibility index (Phi) is 3.71. The number of para-hydroxylation sites is 2. The average molecular weight is 292 g/mol. The van der Waals surface area contributed by atoms with Gasteiger partial charge in [0.05, 0.1) is 5.56 Å². The van der Waals surface area contributed by atoms with Gasteiger partial charge in [-0.15, -0.1) is 6.42 Å².